The fraction of sp³-hybridized carbons (Fsp3) is 0.529. The maximum Gasteiger partial charge on any atom is 0.359 e. The van der Waals surface area contributed by atoms with E-state index in [1.165, 1.54) is 2.78 Å². The van der Waals surface area contributed by atoms with Crippen LogP contribution < -0.4 is 15.5 Å². The van der Waals surface area contributed by atoms with Gasteiger partial charge in [-0.2, -0.15) is 4.98 Å². The van der Waals surface area contributed by atoms with Crippen molar-refractivity contribution in [3.8, 4) is 0 Å². The molecule has 6 nitrogen and oxygen atoms in total. The second-order valence-electron chi connectivity index (χ2n) is 7.34. The number of nitrogens with zero attached hydrogens (tertiary/aromatic N) is 5. The van der Waals surface area contributed by atoms with E-state index >= 15 is 4.39 Å². The standard InChI is InChI=1S/C17H20ClFIN5O/c1-8-5-22(3)6-10-7-23(4)14-11-15(13(19)9(2)12(14)18)25(20)17(26)21-16(11)24(8)10/h8,10H,5-7H2,1-4H3. The average molecular weight is 492 g/mol. The number of halogens is 3. The number of hydrogen-bond donors (Lipinski definition) is 0. The van der Waals surface area contributed by atoms with Gasteiger partial charge in [0.05, 0.1) is 45.0 Å². The lowest BCUT2D eigenvalue weighted by atomic mass is 10.1. The first-order chi connectivity index (χ1) is 12.2. The van der Waals surface area contributed by atoms with E-state index < -0.39 is 11.5 Å². The van der Waals surface area contributed by atoms with Crippen LogP contribution in [0.25, 0.3) is 10.9 Å². The number of anilines is 2. The average Bonchev–Trinajstić information content (AvgIpc) is 2.67. The van der Waals surface area contributed by atoms with E-state index in [0.29, 0.717) is 21.8 Å². The summed E-state index contributed by atoms with van der Waals surface area (Å²) in [5, 5.41) is 1.00. The summed E-state index contributed by atoms with van der Waals surface area (Å²) < 4.78 is 16.4. The van der Waals surface area contributed by atoms with Gasteiger partial charge in [-0.05, 0) is 20.9 Å². The van der Waals surface area contributed by atoms with Crippen LogP contribution in [-0.2, 0) is 0 Å². The van der Waals surface area contributed by atoms with Crippen LogP contribution in [0.2, 0.25) is 5.02 Å². The highest BCUT2D eigenvalue weighted by Crippen LogP contribution is 2.45. The number of hydrogen-bond acceptors (Lipinski definition) is 5. The molecule has 1 fully saturated rings. The fourth-order valence-corrected chi connectivity index (χ4v) is 5.25. The van der Waals surface area contributed by atoms with Gasteiger partial charge in [0.15, 0.2) is 5.82 Å². The molecule has 26 heavy (non-hydrogen) atoms. The molecule has 2 aliphatic rings. The molecule has 1 aromatic heterocycles. The molecule has 140 valence electrons. The molecule has 2 atom stereocenters. The second kappa shape index (κ2) is 6.20. The summed E-state index contributed by atoms with van der Waals surface area (Å²) in [6.45, 7) is 6.19. The Labute approximate surface area is 170 Å². The normalized spacial score (nSPS) is 23.3. The molecule has 0 N–H and O–H groups in total. The lowest BCUT2D eigenvalue weighted by Gasteiger charge is -2.45. The highest BCUT2D eigenvalue weighted by atomic mass is 127. The van der Waals surface area contributed by atoms with Crippen molar-refractivity contribution < 1.29 is 4.39 Å². The predicted octanol–water partition coefficient (Wildman–Crippen LogP) is 2.65. The number of piperazine rings is 1. The number of fused-ring (bicyclic) bond motifs is 2. The molecule has 2 aromatic rings. The molecule has 0 saturated carbocycles. The number of rotatable bonds is 0. The Bertz CT molecular complexity index is 980. The summed E-state index contributed by atoms with van der Waals surface area (Å²) in [5.41, 5.74) is 0.899. The largest absolute Gasteiger partial charge is 0.371 e. The molecular formula is C17H20ClFIN5O. The molecule has 0 amide bonds. The molecule has 0 aliphatic carbocycles. The zero-order valence-electron chi connectivity index (χ0n) is 15.1. The molecule has 0 bridgehead atoms. The van der Waals surface area contributed by atoms with E-state index in [1.807, 2.05) is 29.9 Å². The fourth-order valence-electron chi connectivity index (χ4n) is 4.37. The third kappa shape index (κ3) is 2.45. The molecule has 3 heterocycles. The minimum Gasteiger partial charge on any atom is -0.371 e. The van der Waals surface area contributed by atoms with Crippen LogP contribution in [0.5, 0.6) is 0 Å². The Hall–Kier alpha value is -1.13. The summed E-state index contributed by atoms with van der Waals surface area (Å²) in [4.78, 5) is 23.4. The van der Waals surface area contributed by atoms with Gasteiger partial charge in [-0.3, -0.25) is 0 Å². The number of benzene rings is 1. The van der Waals surface area contributed by atoms with E-state index in [9.17, 15) is 4.79 Å². The lowest BCUT2D eigenvalue weighted by Crippen LogP contribution is -2.59. The molecular weight excluding hydrogens is 472 g/mol. The van der Waals surface area contributed by atoms with Gasteiger partial charge in [0, 0.05) is 38.3 Å². The molecule has 2 unspecified atom stereocenters. The molecule has 1 saturated heterocycles. The van der Waals surface area contributed by atoms with E-state index in [0.717, 1.165) is 25.3 Å². The summed E-state index contributed by atoms with van der Waals surface area (Å²) in [5.74, 6) is 0.0844. The van der Waals surface area contributed by atoms with Crippen molar-refractivity contribution in [1.29, 1.82) is 0 Å². The maximum atomic E-state index is 15.1. The van der Waals surface area contributed by atoms with Gasteiger partial charge in [0.2, 0.25) is 0 Å². The van der Waals surface area contributed by atoms with E-state index in [1.54, 1.807) is 6.92 Å². The van der Waals surface area contributed by atoms with Crippen molar-refractivity contribution in [3.05, 3.63) is 26.9 Å². The summed E-state index contributed by atoms with van der Waals surface area (Å²) in [6.07, 6.45) is 0. The van der Waals surface area contributed by atoms with E-state index in [2.05, 4.69) is 33.7 Å². The third-order valence-electron chi connectivity index (χ3n) is 5.41. The van der Waals surface area contributed by atoms with Crippen LogP contribution in [0.1, 0.15) is 12.5 Å². The van der Waals surface area contributed by atoms with Gasteiger partial charge in [-0.15, -0.1) is 0 Å². The van der Waals surface area contributed by atoms with Crippen molar-refractivity contribution in [3.63, 3.8) is 0 Å². The molecule has 9 heteroatoms. The van der Waals surface area contributed by atoms with Crippen LogP contribution in [0.15, 0.2) is 4.79 Å². The second-order valence-corrected chi connectivity index (χ2v) is 8.68. The quantitative estimate of drug-likeness (QED) is 0.530. The maximum absolute atomic E-state index is 15.1. The predicted molar refractivity (Wildman–Crippen MR) is 112 cm³/mol. The molecule has 0 spiro atoms. The van der Waals surface area contributed by atoms with Gasteiger partial charge in [-0.1, -0.05) is 11.6 Å². The molecule has 1 aromatic carbocycles. The third-order valence-corrected chi connectivity index (χ3v) is 6.77. The van der Waals surface area contributed by atoms with Crippen LogP contribution in [0.3, 0.4) is 0 Å². The number of aromatic nitrogens is 2. The Morgan fingerprint density at radius 2 is 1.96 bits per heavy atom. The smallest absolute Gasteiger partial charge is 0.359 e. The zero-order valence-corrected chi connectivity index (χ0v) is 18.0. The van der Waals surface area contributed by atoms with Gasteiger partial charge in [0.25, 0.3) is 0 Å². The highest BCUT2D eigenvalue weighted by molar-refractivity contribution is 14.1. The summed E-state index contributed by atoms with van der Waals surface area (Å²) in [6, 6.07) is 0.294. The summed E-state index contributed by atoms with van der Waals surface area (Å²) >= 11 is 8.40. The molecule has 2 aliphatic heterocycles. The zero-order chi connectivity index (χ0) is 18.9. The Morgan fingerprint density at radius 3 is 2.65 bits per heavy atom. The first kappa shape index (κ1) is 18.2. The van der Waals surface area contributed by atoms with Crippen molar-refractivity contribution in [2.75, 3.05) is 43.5 Å². The first-order valence-electron chi connectivity index (χ1n) is 8.50. The minimum atomic E-state index is -0.464. The first-order valence-corrected chi connectivity index (χ1v) is 9.85. The highest BCUT2D eigenvalue weighted by Gasteiger charge is 2.38. The Morgan fingerprint density at radius 1 is 1.27 bits per heavy atom. The summed E-state index contributed by atoms with van der Waals surface area (Å²) in [7, 11) is 4.06. The topological polar surface area (TPSA) is 44.6 Å². The SMILES string of the molecule is Cc1c(Cl)c2c3c(nc(=O)n(I)c3c1F)N1C(C)CN(C)CC1CN2C. The van der Waals surface area contributed by atoms with E-state index in [4.69, 9.17) is 11.6 Å². The Kier molecular flexibility index (Phi) is 4.35. The molecule has 0 radical (unpaired) electrons. The van der Waals surface area contributed by atoms with Crippen LogP contribution >= 0.6 is 34.5 Å². The Balaban J connectivity index is 2.17. The van der Waals surface area contributed by atoms with Gasteiger partial charge < -0.3 is 14.7 Å². The van der Waals surface area contributed by atoms with Crippen molar-refractivity contribution in [2.24, 2.45) is 0 Å². The lowest BCUT2D eigenvalue weighted by molar-refractivity contribution is 0.234. The van der Waals surface area contributed by atoms with Crippen molar-refractivity contribution >= 4 is 56.9 Å². The van der Waals surface area contributed by atoms with Crippen molar-refractivity contribution in [1.82, 2.24) is 12.7 Å². The molecule has 4 rings (SSSR count). The van der Waals surface area contributed by atoms with Gasteiger partial charge in [0.1, 0.15) is 11.3 Å². The van der Waals surface area contributed by atoms with Gasteiger partial charge in [-0.25, -0.2) is 12.0 Å². The van der Waals surface area contributed by atoms with Crippen molar-refractivity contribution in [2.45, 2.75) is 25.9 Å². The number of likely N-dealkylation sites (N-methyl/N-ethyl adjacent to an activating group) is 2. The monoisotopic (exact) mass is 491 g/mol. The van der Waals surface area contributed by atoms with Gasteiger partial charge >= 0.3 is 5.69 Å². The minimum absolute atomic E-state index is 0.140. The van der Waals surface area contributed by atoms with E-state index in [-0.39, 0.29) is 17.6 Å². The van der Waals surface area contributed by atoms with Crippen LogP contribution in [0, 0.1) is 12.7 Å². The van der Waals surface area contributed by atoms with Crippen LogP contribution in [0.4, 0.5) is 15.9 Å². The van der Waals surface area contributed by atoms with Crippen LogP contribution in [-0.4, -0.2) is 58.5 Å².